The molecule has 4 rings (SSSR count). The highest BCUT2D eigenvalue weighted by atomic mass is 16.5. The van der Waals surface area contributed by atoms with Gasteiger partial charge in [-0.05, 0) is 60.4 Å². The molecule has 2 aliphatic rings. The Labute approximate surface area is 206 Å². The van der Waals surface area contributed by atoms with Crippen LogP contribution < -0.4 is 19.5 Å². The molecule has 186 valence electrons. The zero-order valence-corrected chi connectivity index (χ0v) is 20.6. The first kappa shape index (κ1) is 24.6. The Morgan fingerprint density at radius 1 is 0.914 bits per heavy atom. The van der Waals surface area contributed by atoms with E-state index < -0.39 is 0 Å². The number of carbonyl (C=O) groups is 2. The molecule has 0 saturated carbocycles. The average molecular weight is 480 g/mol. The van der Waals surface area contributed by atoms with Gasteiger partial charge in [0.1, 0.15) is 5.75 Å². The van der Waals surface area contributed by atoms with E-state index in [9.17, 15) is 9.59 Å². The second-order valence-corrected chi connectivity index (χ2v) is 8.73. The summed E-state index contributed by atoms with van der Waals surface area (Å²) in [4.78, 5) is 29.8. The van der Waals surface area contributed by atoms with E-state index in [2.05, 4.69) is 16.3 Å². The molecule has 8 nitrogen and oxygen atoms in total. The molecule has 0 unspecified atom stereocenters. The average Bonchev–Trinajstić information content (AvgIpc) is 2.91. The Morgan fingerprint density at radius 3 is 2.31 bits per heavy atom. The Hall–Kier alpha value is -3.52. The minimum Gasteiger partial charge on any atom is -0.497 e. The van der Waals surface area contributed by atoms with Gasteiger partial charge in [0.2, 0.25) is 0 Å². The van der Waals surface area contributed by atoms with Crippen LogP contribution in [-0.2, 0) is 17.8 Å². The molecular weight excluding hydrogens is 446 g/mol. The van der Waals surface area contributed by atoms with E-state index in [4.69, 9.17) is 14.2 Å². The summed E-state index contributed by atoms with van der Waals surface area (Å²) in [6.45, 7) is 3.90. The molecule has 2 heterocycles. The number of fused-ring (bicyclic) bond motifs is 1. The lowest BCUT2D eigenvalue weighted by Gasteiger charge is -2.33. The first-order chi connectivity index (χ1) is 17.0. The molecule has 0 atom stereocenters. The molecule has 0 radical (unpaired) electrons. The highest BCUT2D eigenvalue weighted by molar-refractivity contribution is 5.94. The summed E-state index contributed by atoms with van der Waals surface area (Å²) in [5, 5.41) is 2.96. The fraction of sp³-hybridized carbons (Fsp3) is 0.407. The van der Waals surface area contributed by atoms with E-state index in [0.717, 1.165) is 42.0 Å². The van der Waals surface area contributed by atoms with Crippen LogP contribution in [0.5, 0.6) is 17.2 Å². The molecule has 1 N–H and O–H groups in total. The number of amides is 2. The molecule has 35 heavy (non-hydrogen) atoms. The smallest absolute Gasteiger partial charge is 0.251 e. The van der Waals surface area contributed by atoms with Gasteiger partial charge in [0, 0.05) is 50.4 Å². The molecule has 0 aromatic heterocycles. The fourth-order valence-electron chi connectivity index (χ4n) is 4.58. The third-order valence-corrected chi connectivity index (χ3v) is 6.58. The van der Waals surface area contributed by atoms with Crippen LogP contribution in [0, 0.1) is 0 Å². The molecular formula is C27H33N3O5. The van der Waals surface area contributed by atoms with Crippen molar-refractivity contribution in [2.45, 2.75) is 19.4 Å². The minimum absolute atomic E-state index is 0.0809. The molecule has 2 aromatic rings. The number of benzene rings is 2. The number of ether oxygens (including phenoxy) is 3. The Kier molecular flexibility index (Phi) is 7.92. The van der Waals surface area contributed by atoms with E-state index in [0.29, 0.717) is 44.0 Å². The zero-order chi connectivity index (χ0) is 24.8. The molecule has 0 saturated heterocycles. The van der Waals surface area contributed by atoms with Crippen LogP contribution in [0.4, 0.5) is 0 Å². The van der Waals surface area contributed by atoms with Crippen LogP contribution in [0.1, 0.15) is 27.9 Å². The number of carbonyl (C=O) groups excluding carboxylic acids is 2. The monoisotopic (exact) mass is 479 g/mol. The number of nitrogens with zero attached hydrogens (tertiary/aromatic N) is 2. The van der Waals surface area contributed by atoms with Crippen molar-refractivity contribution in [1.82, 2.24) is 15.1 Å². The predicted molar refractivity (Wildman–Crippen MR) is 133 cm³/mol. The maximum absolute atomic E-state index is 13.3. The summed E-state index contributed by atoms with van der Waals surface area (Å²) in [6, 6.07) is 11.0. The van der Waals surface area contributed by atoms with Crippen molar-refractivity contribution in [3.63, 3.8) is 0 Å². The first-order valence-corrected chi connectivity index (χ1v) is 11.9. The quantitative estimate of drug-likeness (QED) is 0.627. The molecule has 8 heteroatoms. The van der Waals surface area contributed by atoms with Crippen LogP contribution in [0.25, 0.3) is 0 Å². The van der Waals surface area contributed by atoms with Crippen molar-refractivity contribution in [2.24, 2.45) is 0 Å². The Bertz CT molecular complexity index is 1100. The van der Waals surface area contributed by atoms with Gasteiger partial charge >= 0.3 is 0 Å². The van der Waals surface area contributed by atoms with E-state index in [1.807, 2.05) is 17.0 Å². The van der Waals surface area contributed by atoms with Gasteiger partial charge in [0.05, 0.1) is 21.3 Å². The van der Waals surface area contributed by atoms with Crippen molar-refractivity contribution < 1.29 is 23.8 Å². The van der Waals surface area contributed by atoms with Gasteiger partial charge in [-0.3, -0.25) is 14.5 Å². The molecule has 0 bridgehead atoms. The van der Waals surface area contributed by atoms with Gasteiger partial charge in [-0.25, -0.2) is 0 Å². The van der Waals surface area contributed by atoms with Crippen LogP contribution in [0.3, 0.4) is 0 Å². The summed E-state index contributed by atoms with van der Waals surface area (Å²) in [5.41, 5.74) is 3.71. The summed E-state index contributed by atoms with van der Waals surface area (Å²) in [6.07, 6.45) is 3.66. The maximum atomic E-state index is 13.3. The van der Waals surface area contributed by atoms with Crippen molar-refractivity contribution >= 4 is 11.8 Å². The lowest BCUT2D eigenvalue weighted by Crippen LogP contribution is -2.43. The van der Waals surface area contributed by atoms with Gasteiger partial charge in [-0.15, -0.1) is 0 Å². The lowest BCUT2D eigenvalue weighted by atomic mass is 9.97. The predicted octanol–water partition coefficient (Wildman–Crippen LogP) is 2.66. The van der Waals surface area contributed by atoms with Gasteiger partial charge in [0.15, 0.2) is 11.5 Å². The Balaban J connectivity index is 1.30. The van der Waals surface area contributed by atoms with E-state index >= 15 is 0 Å². The number of methoxy groups -OCH3 is 3. The second kappa shape index (κ2) is 11.3. The minimum atomic E-state index is -0.115. The second-order valence-electron chi connectivity index (χ2n) is 8.73. The highest BCUT2D eigenvalue weighted by Gasteiger charge is 2.27. The maximum Gasteiger partial charge on any atom is 0.251 e. The number of rotatable bonds is 8. The van der Waals surface area contributed by atoms with Crippen molar-refractivity contribution in [3.05, 3.63) is 64.7 Å². The topological polar surface area (TPSA) is 80.3 Å². The van der Waals surface area contributed by atoms with Gasteiger partial charge in [-0.1, -0.05) is 6.08 Å². The third kappa shape index (κ3) is 5.77. The highest BCUT2D eigenvalue weighted by Crippen LogP contribution is 2.33. The van der Waals surface area contributed by atoms with Gasteiger partial charge in [-0.2, -0.15) is 0 Å². The van der Waals surface area contributed by atoms with Gasteiger partial charge < -0.3 is 24.4 Å². The van der Waals surface area contributed by atoms with Gasteiger partial charge in [0.25, 0.3) is 11.8 Å². The third-order valence-electron chi connectivity index (χ3n) is 6.58. The summed E-state index contributed by atoms with van der Waals surface area (Å²) >= 11 is 0. The molecule has 2 aliphatic heterocycles. The van der Waals surface area contributed by atoms with Crippen LogP contribution in [-0.4, -0.2) is 75.7 Å². The van der Waals surface area contributed by atoms with E-state index in [1.54, 1.807) is 45.6 Å². The summed E-state index contributed by atoms with van der Waals surface area (Å²) in [5.74, 6) is 2.08. The molecule has 0 spiro atoms. The summed E-state index contributed by atoms with van der Waals surface area (Å²) < 4.78 is 16.0. The van der Waals surface area contributed by atoms with E-state index in [-0.39, 0.29) is 11.8 Å². The van der Waals surface area contributed by atoms with E-state index in [1.165, 1.54) is 5.56 Å². The normalized spacial score (nSPS) is 15.6. The molecule has 2 aromatic carbocycles. The van der Waals surface area contributed by atoms with Crippen molar-refractivity contribution in [1.29, 1.82) is 0 Å². The molecule has 0 aliphatic carbocycles. The zero-order valence-electron chi connectivity index (χ0n) is 20.6. The number of nitrogens with one attached hydrogen (secondary N) is 1. The Morgan fingerprint density at radius 2 is 1.63 bits per heavy atom. The van der Waals surface area contributed by atoms with Crippen molar-refractivity contribution in [2.75, 3.05) is 54.1 Å². The standard InChI is InChI=1S/C27H33N3O5/c1-33-23-8-6-19(7-9-23)26(31)28-11-14-29-12-4-5-21(17-29)27(32)30-13-10-20-15-24(34-2)25(35-3)16-22(20)18-30/h5-9,15-16H,4,10-14,17-18H2,1-3H3,(H,28,31). The van der Waals surface area contributed by atoms with Crippen LogP contribution in [0.2, 0.25) is 0 Å². The SMILES string of the molecule is COc1ccc(C(=O)NCCN2CCC=C(C(=O)N3CCc4cc(OC)c(OC)cc4C3)C2)cc1. The molecule has 0 fully saturated rings. The van der Waals surface area contributed by atoms with Crippen LogP contribution in [0.15, 0.2) is 48.0 Å². The first-order valence-electron chi connectivity index (χ1n) is 11.9. The molecule has 2 amide bonds. The summed E-state index contributed by atoms with van der Waals surface area (Å²) in [7, 11) is 4.85. The number of hydrogen-bond acceptors (Lipinski definition) is 6. The number of hydrogen-bond donors (Lipinski definition) is 1. The largest absolute Gasteiger partial charge is 0.497 e. The van der Waals surface area contributed by atoms with Crippen molar-refractivity contribution in [3.8, 4) is 17.2 Å². The lowest BCUT2D eigenvalue weighted by molar-refractivity contribution is -0.128. The fourth-order valence-corrected chi connectivity index (χ4v) is 4.58. The van der Waals surface area contributed by atoms with Crippen LogP contribution >= 0.6 is 0 Å².